The molecule has 0 unspecified atom stereocenters. The molecule has 8 heteroatoms. The second-order valence-electron chi connectivity index (χ2n) is 5.48. The van der Waals surface area contributed by atoms with Crippen LogP contribution >= 0.6 is 11.6 Å². The number of nitrogens with one attached hydrogen (secondary N) is 1. The molecular formula is C16H17ClFN5O. The first-order valence-electron chi connectivity index (χ1n) is 7.61. The minimum atomic E-state index is -0.540. The van der Waals surface area contributed by atoms with Crippen molar-refractivity contribution in [3.8, 4) is 0 Å². The van der Waals surface area contributed by atoms with Crippen LogP contribution in [0.25, 0.3) is 0 Å². The number of rotatable bonds is 4. The lowest BCUT2D eigenvalue weighted by atomic mass is 10.3. The lowest BCUT2D eigenvalue weighted by molar-refractivity contribution is -0.117. The molecule has 1 saturated heterocycles. The molecule has 1 aromatic carbocycles. The van der Waals surface area contributed by atoms with Gasteiger partial charge in [0.05, 0.1) is 12.2 Å². The van der Waals surface area contributed by atoms with Gasteiger partial charge in [-0.2, -0.15) is 0 Å². The van der Waals surface area contributed by atoms with E-state index in [0.29, 0.717) is 11.0 Å². The van der Waals surface area contributed by atoms with Gasteiger partial charge in [0.1, 0.15) is 5.82 Å². The maximum atomic E-state index is 13.7. The number of amides is 1. The van der Waals surface area contributed by atoms with Crippen LogP contribution in [0.4, 0.5) is 16.0 Å². The number of anilines is 2. The number of aromatic nitrogens is 2. The Labute approximate surface area is 144 Å². The van der Waals surface area contributed by atoms with Crippen molar-refractivity contribution < 1.29 is 9.18 Å². The molecule has 1 aromatic heterocycles. The molecular weight excluding hydrogens is 333 g/mol. The molecule has 1 fully saturated rings. The zero-order valence-electron chi connectivity index (χ0n) is 13.0. The van der Waals surface area contributed by atoms with Crippen molar-refractivity contribution in [1.82, 2.24) is 14.9 Å². The second-order valence-corrected chi connectivity index (χ2v) is 5.92. The summed E-state index contributed by atoms with van der Waals surface area (Å²) in [4.78, 5) is 24.6. The molecule has 0 saturated carbocycles. The Bertz CT molecular complexity index is 707. The fourth-order valence-corrected chi connectivity index (χ4v) is 2.70. The van der Waals surface area contributed by atoms with Crippen LogP contribution in [0.5, 0.6) is 0 Å². The summed E-state index contributed by atoms with van der Waals surface area (Å²) in [6.45, 7) is 3.13. The Morgan fingerprint density at radius 3 is 2.58 bits per heavy atom. The SMILES string of the molecule is O=C(CN1CCN(c2ncccn2)CC1)Nc1ccc(Cl)cc1F. The summed E-state index contributed by atoms with van der Waals surface area (Å²) in [5.74, 6) is -0.0904. The van der Waals surface area contributed by atoms with Gasteiger partial charge in [0.25, 0.3) is 0 Å². The van der Waals surface area contributed by atoms with Crippen molar-refractivity contribution in [3.05, 3.63) is 47.5 Å². The Morgan fingerprint density at radius 2 is 1.92 bits per heavy atom. The van der Waals surface area contributed by atoms with E-state index in [9.17, 15) is 9.18 Å². The predicted molar refractivity (Wildman–Crippen MR) is 90.7 cm³/mol. The fourth-order valence-electron chi connectivity index (χ4n) is 2.54. The van der Waals surface area contributed by atoms with Crippen LogP contribution in [0.1, 0.15) is 0 Å². The molecule has 0 aliphatic carbocycles. The first-order chi connectivity index (χ1) is 11.6. The summed E-state index contributed by atoms with van der Waals surface area (Å²) >= 11 is 5.70. The molecule has 1 aliphatic rings. The average Bonchev–Trinajstić information content (AvgIpc) is 2.59. The van der Waals surface area contributed by atoms with E-state index >= 15 is 0 Å². The average molecular weight is 350 g/mol. The molecule has 0 radical (unpaired) electrons. The number of piperazine rings is 1. The van der Waals surface area contributed by atoms with Crippen LogP contribution in [0.2, 0.25) is 5.02 Å². The highest BCUT2D eigenvalue weighted by atomic mass is 35.5. The lowest BCUT2D eigenvalue weighted by Gasteiger charge is -2.34. The van der Waals surface area contributed by atoms with Crippen LogP contribution in [0, 0.1) is 5.82 Å². The topological polar surface area (TPSA) is 61.4 Å². The molecule has 6 nitrogen and oxygen atoms in total. The smallest absolute Gasteiger partial charge is 0.238 e. The highest BCUT2D eigenvalue weighted by molar-refractivity contribution is 6.30. The normalized spacial score (nSPS) is 15.3. The van der Waals surface area contributed by atoms with Gasteiger partial charge in [-0.3, -0.25) is 9.69 Å². The molecule has 1 N–H and O–H groups in total. The van der Waals surface area contributed by atoms with Crippen molar-refractivity contribution in [1.29, 1.82) is 0 Å². The molecule has 0 spiro atoms. The van der Waals surface area contributed by atoms with Crippen molar-refractivity contribution in [3.63, 3.8) is 0 Å². The van der Waals surface area contributed by atoms with Gasteiger partial charge in [-0.15, -0.1) is 0 Å². The van der Waals surface area contributed by atoms with Crippen LogP contribution in [-0.4, -0.2) is 53.5 Å². The van der Waals surface area contributed by atoms with E-state index in [2.05, 4.69) is 20.2 Å². The quantitative estimate of drug-likeness (QED) is 0.915. The largest absolute Gasteiger partial charge is 0.338 e. The van der Waals surface area contributed by atoms with Crippen LogP contribution < -0.4 is 10.2 Å². The van der Waals surface area contributed by atoms with Crippen molar-refractivity contribution in [2.75, 3.05) is 42.9 Å². The number of halogens is 2. The molecule has 24 heavy (non-hydrogen) atoms. The van der Waals surface area contributed by atoms with Gasteiger partial charge in [0.15, 0.2) is 0 Å². The van der Waals surface area contributed by atoms with Gasteiger partial charge < -0.3 is 10.2 Å². The molecule has 0 bridgehead atoms. The number of carbonyl (C=O) groups excluding carboxylic acids is 1. The number of hydrogen-bond donors (Lipinski definition) is 1. The summed E-state index contributed by atoms with van der Waals surface area (Å²) in [6.07, 6.45) is 3.42. The van der Waals surface area contributed by atoms with E-state index in [1.165, 1.54) is 12.1 Å². The Balaban J connectivity index is 1.50. The summed E-state index contributed by atoms with van der Waals surface area (Å²) in [5.41, 5.74) is 0.140. The molecule has 126 valence electrons. The van der Waals surface area contributed by atoms with E-state index in [-0.39, 0.29) is 18.1 Å². The van der Waals surface area contributed by atoms with E-state index in [0.717, 1.165) is 26.2 Å². The number of carbonyl (C=O) groups is 1. The van der Waals surface area contributed by atoms with Crippen LogP contribution in [-0.2, 0) is 4.79 Å². The third kappa shape index (κ3) is 4.18. The zero-order chi connectivity index (χ0) is 16.9. The second kappa shape index (κ2) is 7.55. The summed E-state index contributed by atoms with van der Waals surface area (Å²) < 4.78 is 13.7. The summed E-state index contributed by atoms with van der Waals surface area (Å²) in [7, 11) is 0. The van der Waals surface area contributed by atoms with Gasteiger partial charge >= 0.3 is 0 Å². The van der Waals surface area contributed by atoms with Crippen molar-refractivity contribution in [2.45, 2.75) is 0 Å². The third-order valence-corrected chi connectivity index (χ3v) is 4.01. The van der Waals surface area contributed by atoms with Gasteiger partial charge in [0.2, 0.25) is 11.9 Å². The van der Waals surface area contributed by atoms with Crippen LogP contribution in [0.15, 0.2) is 36.7 Å². The first kappa shape index (κ1) is 16.6. The first-order valence-corrected chi connectivity index (χ1v) is 7.99. The Kier molecular flexibility index (Phi) is 5.22. The number of nitrogens with zero attached hydrogens (tertiary/aromatic N) is 4. The van der Waals surface area contributed by atoms with E-state index in [1.54, 1.807) is 24.5 Å². The maximum Gasteiger partial charge on any atom is 0.238 e. The van der Waals surface area contributed by atoms with E-state index in [1.807, 2.05) is 4.90 Å². The van der Waals surface area contributed by atoms with Gasteiger partial charge in [0, 0.05) is 43.6 Å². The fraction of sp³-hybridized carbons (Fsp3) is 0.312. The maximum absolute atomic E-state index is 13.7. The third-order valence-electron chi connectivity index (χ3n) is 3.78. The Hall–Kier alpha value is -2.25. The minimum absolute atomic E-state index is 0.140. The van der Waals surface area contributed by atoms with E-state index < -0.39 is 5.82 Å². The molecule has 1 amide bonds. The lowest BCUT2D eigenvalue weighted by Crippen LogP contribution is -2.49. The molecule has 3 rings (SSSR count). The van der Waals surface area contributed by atoms with Crippen molar-refractivity contribution >= 4 is 29.1 Å². The van der Waals surface area contributed by atoms with Gasteiger partial charge in [-0.1, -0.05) is 11.6 Å². The number of benzene rings is 1. The van der Waals surface area contributed by atoms with Gasteiger partial charge in [-0.25, -0.2) is 14.4 Å². The van der Waals surface area contributed by atoms with Gasteiger partial charge in [-0.05, 0) is 24.3 Å². The highest BCUT2D eigenvalue weighted by Gasteiger charge is 2.20. The number of hydrogen-bond acceptors (Lipinski definition) is 5. The zero-order valence-corrected chi connectivity index (χ0v) is 13.7. The molecule has 1 aliphatic heterocycles. The highest BCUT2D eigenvalue weighted by Crippen LogP contribution is 2.19. The van der Waals surface area contributed by atoms with E-state index in [4.69, 9.17) is 11.6 Å². The molecule has 0 atom stereocenters. The molecule has 2 heterocycles. The predicted octanol–water partition coefficient (Wildman–Crippen LogP) is 2.03. The minimum Gasteiger partial charge on any atom is -0.338 e. The molecule has 2 aromatic rings. The standard InChI is InChI=1S/C16H17ClFN5O/c17-12-2-3-14(13(18)10-12)21-15(24)11-22-6-8-23(9-7-22)16-19-4-1-5-20-16/h1-5,10H,6-9,11H2,(H,21,24). The summed E-state index contributed by atoms with van der Waals surface area (Å²) in [5, 5.41) is 2.87. The summed E-state index contributed by atoms with van der Waals surface area (Å²) in [6, 6.07) is 5.95. The monoisotopic (exact) mass is 349 g/mol. The van der Waals surface area contributed by atoms with Crippen molar-refractivity contribution in [2.24, 2.45) is 0 Å². The Morgan fingerprint density at radius 1 is 1.21 bits per heavy atom. The van der Waals surface area contributed by atoms with Crippen LogP contribution in [0.3, 0.4) is 0 Å².